The highest BCUT2D eigenvalue weighted by molar-refractivity contribution is 5.73. The zero-order chi connectivity index (χ0) is 17.1. The first-order valence-electron chi connectivity index (χ1n) is 7.94. The summed E-state index contributed by atoms with van der Waals surface area (Å²) in [4.78, 5) is 11.5. The van der Waals surface area contributed by atoms with Crippen LogP contribution in [0.15, 0.2) is 30.3 Å². The second-order valence-corrected chi connectivity index (χ2v) is 5.88. The quantitative estimate of drug-likeness (QED) is 0.883. The summed E-state index contributed by atoms with van der Waals surface area (Å²) in [5.41, 5.74) is 0.927. The van der Waals surface area contributed by atoms with Gasteiger partial charge in [-0.2, -0.15) is 0 Å². The van der Waals surface area contributed by atoms with Crippen LogP contribution < -0.4 is 5.32 Å². The molecule has 0 saturated carbocycles. The summed E-state index contributed by atoms with van der Waals surface area (Å²) in [6.07, 6.45) is -2.24. The number of hydrogen-bond acceptors (Lipinski definition) is 6. The number of carbonyl (C=O) groups is 1. The average molecular weight is 337 g/mol. The number of benzene rings is 1. The number of carbonyl (C=O) groups excluding carboxylic acids is 1. The summed E-state index contributed by atoms with van der Waals surface area (Å²) >= 11 is 0. The van der Waals surface area contributed by atoms with E-state index in [1.807, 2.05) is 30.3 Å². The number of hydrogen-bond donors (Lipinski definition) is 1. The summed E-state index contributed by atoms with van der Waals surface area (Å²) in [5, 5.41) is 2.84. The first kappa shape index (κ1) is 17.3. The Morgan fingerprint density at radius 2 is 1.92 bits per heavy atom. The minimum absolute atomic E-state index is 0.183. The van der Waals surface area contributed by atoms with Gasteiger partial charge in [0.1, 0.15) is 24.4 Å². The molecule has 6 atom stereocenters. The summed E-state index contributed by atoms with van der Waals surface area (Å²) in [6.45, 7) is 1.81. The van der Waals surface area contributed by atoms with E-state index in [4.69, 9.17) is 23.7 Å². The van der Waals surface area contributed by atoms with Gasteiger partial charge in [0.05, 0.1) is 6.61 Å². The summed E-state index contributed by atoms with van der Waals surface area (Å²) < 4.78 is 28.8. The average Bonchev–Trinajstić information content (AvgIpc) is 2.61. The third-order valence-electron chi connectivity index (χ3n) is 4.29. The second kappa shape index (κ2) is 7.58. The fourth-order valence-corrected chi connectivity index (χ4v) is 3.22. The van der Waals surface area contributed by atoms with Crippen LogP contribution in [0, 0.1) is 0 Å². The van der Waals surface area contributed by atoms with Gasteiger partial charge in [-0.25, -0.2) is 0 Å². The van der Waals surface area contributed by atoms with E-state index >= 15 is 0 Å². The van der Waals surface area contributed by atoms with Crippen molar-refractivity contribution < 1.29 is 28.5 Å². The van der Waals surface area contributed by atoms with Crippen molar-refractivity contribution in [1.82, 2.24) is 5.32 Å². The molecule has 1 aromatic carbocycles. The van der Waals surface area contributed by atoms with Crippen molar-refractivity contribution in [3.8, 4) is 0 Å². The van der Waals surface area contributed by atoms with Crippen molar-refractivity contribution in [2.45, 2.75) is 43.9 Å². The standard InChI is InChI=1S/C17H23NO6/c1-10(19)18-13-15(20-2)14-12(23-17(13)21-3)9-22-16(24-14)11-7-5-4-6-8-11/h4-8,12-17H,9H2,1-3H3,(H,18,19)/t12-,13-,14-,15-,16?,17+/m1/s1. The molecule has 1 unspecified atom stereocenters. The van der Waals surface area contributed by atoms with Gasteiger partial charge in [0.25, 0.3) is 0 Å². The normalized spacial score (nSPS) is 36.0. The van der Waals surface area contributed by atoms with Gasteiger partial charge in [-0.3, -0.25) is 4.79 Å². The molecule has 0 aliphatic carbocycles. The van der Waals surface area contributed by atoms with Crippen LogP contribution in [-0.4, -0.2) is 57.4 Å². The summed E-state index contributed by atoms with van der Waals surface area (Å²) in [5.74, 6) is -0.183. The molecule has 1 N–H and O–H groups in total. The molecule has 0 bridgehead atoms. The smallest absolute Gasteiger partial charge is 0.217 e. The van der Waals surface area contributed by atoms with E-state index in [2.05, 4.69) is 5.32 Å². The Balaban J connectivity index is 1.80. The van der Waals surface area contributed by atoms with E-state index in [0.717, 1.165) is 5.56 Å². The maximum Gasteiger partial charge on any atom is 0.217 e. The van der Waals surface area contributed by atoms with Gasteiger partial charge in [-0.15, -0.1) is 0 Å². The monoisotopic (exact) mass is 337 g/mol. The molecule has 24 heavy (non-hydrogen) atoms. The Morgan fingerprint density at radius 1 is 1.17 bits per heavy atom. The van der Waals surface area contributed by atoms with Crippen molar-refractivity contribution in [1.29, 1.82) is 0 Å². The Hall–Kier alpha value is -1.51. The highest BCUT2D eigenvalue weighted by Crippen LogP contribution is 2.35. The van der Waals surface area contributed by atoms with Gasteiger partial charge in [-0.1, -0.05) is 30.3 Å². The predicted molar refractivity (Wildman–Crippen MR) is 84.1 cm³/mol. The molecular formula is C17H23NO6. The van der Waals surface area contributed by atoms with E-state index in [0.29, 0.717) is 6.61 Å². The van der Waals surface area contributed by atoms with Gasteiger partial charge >= 0.3 is 0 Å². The third kappa shape index (κ3) is 3.45. The number of nitrogens with one attached hydrogen (secondary N) is 1. The molecule has 7 nitrogen and oxygen atoms in total. The molecule has 2 fully saturated rings. The molecule has 3 rings (SSSR count). The fraction of sp³-hybridized carbons (Fsp3) is 0.588. The number of ether oxygens (including phenoxy) is 5. The molecule has 7 heteroatoms. The number of fused-ring (bicyclic) bond motifs is 1. The second-order valence-electron chi connectivity index (χ2n) is 5.88. The molecule has 0 aromatic heterocycles. The lowest BCUT2D eigenvalue weighted by Crippen LogP contribution is -2.67. The van der Waals surface area contributed by atoms with E-state index in [1.54, 1.807) is 7.11 Å². The molecule has 2 aliphatic rings. The van der Waals surface area contributed by atoms with Crippen LogP contribution in [0.1, 0.15) is 18.8 Å². The van der Waals surface area contributed by atoms with Crippen LogP contribution in [0.4, 0.5) is 0 Å². The molecule has 0 spiro atoms. The number of amides is 1. The Bertz CT molecular complexity index is 553. The van der Waals surface area contributed by atoms with Crippen LogP contribution in [0.2, 0.25) is 0 Å². The first-order valence-corrected chi connectivity index (χ1v) is 7.94. The lowest BCUT2D eigenvalue weighted by molar-refractivity contribution is -0.343. The third-order valence-corrected chi connectivity index (χ3v) is 4.29. The lowest BCUT2D eigenvalue weighted by atomic mass is 9.95. The van der Waals surface area contributed by atoms with Crippen molar-refractivity contribution in [3.05, 3.63) is 35.9 Å². The van der Waals surface area contributed by atoms with Crippen molar-refractivity contribution in [2.75, 3.05) is 20.8 Å². The van der Waals surface area contributed by atoms with E-state index in [1.165, 1.54) is 14.0 Å². The Kier molecular flexibility index (Phi) is 5.47. The molecule has 132 valence electrons. The maximum atomic E-state index is 11.5. The van der Waals surface area contributed by atoms with Gasteiger partial charge in [0.15, 0.2) is 12.6 Å². The molecule has 0 radical (unpaired) electrons. The number of methoxy groups -OCH3 is 2. The zero-order valence-corrected chi connectivity index (χ0v) is 14.0. The summed E-state index contributed by atoms with van der Waals surface area (Å²) in [6, 6.07) is 9.22. The lowest BCUT2D eigenvalue weighted by Gasteiger charge is -2.48. The van der Waals surface area contributed by atoms with Gasteiger partial charge in [0.2, 0.25) is 5.91 Å². The minimum Gasteiger partial charge on any atom is -0.376 e. The molecule has 1 aromatic rings. The van der Waals surface area contributed by atoms with E-state index in [9.17, 15) is 4.79 Å². The first-order chi connectivity index (χ1) is 11.6. The Morgan fingerprint density at radius 3 is 2.54 bits per heavy atom. The van der Waals surface area contributed by atoms with Gasteiger partial charge in [-0.05, 0) is 0 Å². The molecule has 2 aliphatic heterocycles. The molecule has 2 heterocycles. The minimum atomic E-state index is -0.624. The van der Waals surface area contributed by atoms with Crippen molar-refractivity contribution >= 4 is 5.91 Å². The molecular weight excluding hydrogens is 314 g/mol. The van der Waals surface area contributed by atoms with Crippen molar-refractivity contribution in [3.63, 3.8) is 0 Å². The SMILES string of the molecule is CO[C@H]1O[C@@H]2COC(c3ccccc3)O[C@H]2[C@H](OC)[C@H]1NC(C)=O. The number of rotatable bonds is 4. The van der Waals surface area contributed by atoms with Crippen LogP contribution >= 0.6 is 0 Å². The predicted octanol–water partition coefficient (Wildman–Crippen LogP) is 0.992. The highest BCUT2D eigenvalue weighted by Gasteiger charge is 2.50. The Labute approximate surface area is 141 Å². The molecule has 1 amide bonds. The highest BCUT2D eigenvalue weighted by atomic mass is 16.7. The van der Waals surface area contributed by atoms with E-state index in [-0.39, 0.29) is 18.1 Å². The van der Waals surface area contributed by atoms with Crippen molar-refractivity contribution in [2.24, 2.45) is 0 Å². The van der Waals surface area contributed by atoms with Gasteiger partial charge in [0, 0.05) is 26.7 Å². The van der Waals surface area contributed by atoms with Crippen LogP contribution in [0.5, 0.6) is 0 Å². The zero-order valence-electron chi connectivity index (χ0n) is 14.0. The molecule has 2 saturated heterocycles. The topological polar surface area (TPSA) is 75.2 Å². The fourth-order valence-electron chi connectivity index (χ4n) is 3.22. The van der Waals surface area contributed by atoms with Crippen LogP contribution in [0.3, 0.4) is 0 Å². The largest absolute Gasteiger partial charge is 0.376 e. The summed E-state index contributed by atoms with van der Waals surface area (Å²) in [7, 11) is 3.12. The van der Waals surface area contributed by atoms with E-state index < -0.39 is 24.7 Å². The van der Waals surface area contributed by atoms with Gasteiger partial charge < -0.3 is 29.0 Å². The maximum absolute atomic E-state index is 11.5. The van der Waals surface area contributed by atoms with Crippen LogP contribution in [0.25, 0.3) is 0 Å². The van der Waals surface area contributed by atoms with Crippen LogP contribution in [-0.2, 0) is 28.5 Å².